The molecule has 0 aliphatic heterocycles. The van der Waals surface area contributed by atoms with Crippen molar-refractivity contribution >= 4 is 11.8 Å². The van der Waals surface area contributed by atoms with Crippen molar-refractivity contribution in [2.75, 3.05) is 19.6 Å². The average molecular weight is 759 g/mol. The molecule has 0 heterocycles. The molecule has 6 heteroatoms. The van der Waals surface area contributed by atoms with Gasteiger partial charge in [0.25, 0.3) is 0 Å². The van der Waals surface area contributed by atoms with Crippen LogP contribution in [0.25, 0.3) is 0 Å². The van der Waals surface area contributed by atoms with E-state index in [4.69, 9.17) is 5.73 Å². The van der Waals surface area contributed by atoms with Gasteiger partial charge in [0.1, 0.15) is 0 Å². The molecule has 0 fully saturated rings. The van der Waals surface area contributed by atoms with Crippen LogP contribution in [-0.4, -0.2) is 36.3 Å². The summed E-state index contributed by atoms with van der Waals surface area (Å²) in [4.78, 5) is 26.0. The van der Waals surface area contributed by atoms with Crippen molar-refractivity contribution in [2.24, 2.45) is 35.3 Å². The third-order valence-corrected chi connectivity index (χ3v) is 10.7. The highest BCUT2D eigenvalue weighted by Gasteiger charge is 2.26. The lowest BCUT2D eigenvalue weighted by Gasteiger charge is -2.33. The Morgan fingerprint density at radius 3 is 1.36 bits per heavy atom. The first-order chi connectivity index (χ1) is 26.2. The van der Waals surface area contributed by atoms with Crippen molar-refractivity contribution in [1.82, 2.24) is 15.5 Å². The molecule has 0 saturated carbocycles. The molecule has 55 heavy (non-hydrogen) atoms. The van der Waals surface area contributed by atoms with E-state index in [0.29, 0.717) is 17.9 Å². The maximum atomic E-state index is 12.7. The van der Waals surface area contributed by atoms with Crippen LogP contribution in [0.15, 0.2) is 91.0 Å². The fourth-order valence-corrected chi connectivity index (χ4v) is 5.19. The lowest BCUT2D eigenvalue weighted by molar-refractivity contribution is -0.138. The minimum Gasteiger partial charge on any atom is -0.356 e. The van der Waals surface area contributed by atoms with Crippen molar-refractivity contribution in [1.29, 1.82) is 0 Å². The lowest BCUT2D eigenvalue weighted by atomic mass is 10.00. The molecule has 0 aromatic heterocycles. The Hall–Kier alpha value is -3.48. The number of rotatable bonds is 18. The van der Waals surface area contributed by atoms with Gasteiger partial charge in [-0.1, -0.05) is 179 Å². The Morgan fingerprint density at radius 2 is 0.964 bits per heavy atom. The second kappa shape index (κ2) is 30.7. The van der Waals surface area contributed by atoms with Crippen LogP contribution >= 0.6 is 0 Å². The summed E-state index contributed by atoms with van der Waals surface area (Å²) in [6, 6.07) is 31.7. The Kier molecular flexibility index (Phi) is 28.8. The summed E-state index contributed by atoms with van der Waals surface area (Å²) < 4.78 is 0. The summed E-state index contributed by atoms with van der Waals surface area (Å²) in [5, 5.41) is 6.49. The molecule has 3 unspecified atom stereocenters. The molecule has 0 spiro atoms. The van der Waals surface area contributed by atoms with E-state index in [2.05, 4.69) is 120 Å². The Morgan fingerprint density at radius 1 is 0.545 bits per heavy atom. The maximum Gasteiger partial charge on any atom is 0.225 e. The number of carbonyl (C=O) groups excluding carboxylic acids is 2. The van der Waals surface area contributed by atoms with Gasteiger partial charge in [0.15, 0.2) is 0 Å². The van der Waals surface area contributed by atoms with Crippen molar-refractivity contribution in [3.63, 3.8) is 0 Å². The van der Waals surface area contributed by atoms with Crippen LogP contribution < -0.4 is 16.4 Å². The van der Waals surface area contributed by atoms with Gasteiger partial charge in [0, 0.05) is 37.0 Å². The molecule has 3 rings (SSSR count). The number of hydrogen-bond acceptors (Lipinski definition) is 4. The topological polar surface area (TPSA) is 87.5 Å². The molecule has 0 radical (unpaired) electrons. The second-order valence-corrected chi connectivity index (χ2v) is 15.7. The third-order valence-electron chi connectivity index (χ3n) is 10.7. The van der Waals surface area contributed by atoms with Crippen LogP contribution in [0, 0.1) is 29.6 Å². The van der Waals surface area contributed by atoms with Crippen molar-refractivity contribution in [3.8, 4) is 0 Å². The second-order valence-electron chi connectivity index (χ2n) is 15.7. The monoisotopic (exact) mass is 759 g/mol. The predicted molar refractivity (Wildman–Crippen MR) is 239 cm³/mol. The Bertz CT molecular complexity index is 1350. The summed E-state index contributed by atoms with van der Waals surface area (Å²) in [6.45, 7) is 30.4. The van der Waals surface area contributed by atoms with Gasteiger partial charge in [-0.3, -0.25) is 9.59 Å². The highest BCUT2D eigenvalue weighted by atomic mass is 16.2. The van der Waals surface area contributed by atoms with Gasteiger partial charge in [-0.25, -0.2) is 0 Å². The van der Waals surface area contributed by atoms with Crippen LogP contribution in [0.2, 0.25) is 0 Å². The zero-order valence-electron chi connectivity index (χ0n) is 37.3. The summed E-state index contributed by atoms with van der Waals surface area (Å²) in [5.74, 6) is 2.63. The molecular formula is C49H82N4O2. The highest BCUT2D eigenvalue weighted by molar-refractivity contribution is 5.79. The molecule has 0 aliphatic rings. The first kappa shape index (κ1) is 51.5. The lowest BCUT2D eigenvalue weighted by Crippen LogP contribution is -2.39. The predicted octanol–water partition coefficient (Wildman–Crippen LogP) is 12.0. The van der Waals surface area contributed by atoms with Crippen LogP contribution in [0.4, 0.5) is 0 Å². The van der Waals surface area contributed by atoms with Crippen LogP contribution in [0.1, 0.15) is 157 Å². The minimum absolute atomic E-state index is 0.102. The molecule has 2 amide bonds. The smallest absolute Gasteiger partial charge is 0.225 e. The molecule has 4 N–H and O–H groups in total. The van der Waals surface area contributed by atoms with Gasteiger partial charge in [0.2, 0.25) is 11.8 Å². The summed E-state index contributed by atoms with van der Waals surface area (Å²) in [6.07, 6.45) is 5.30. The van der Waals surface area contributed by atoms with Gasteiger partial charge in [-0.05, 0) is 74.6 Å². The van der Waals surface area contributed by atoms with Crippen molar-refractivity contribution in [3.05, 3.63) is 108 Å². The van der Waals surface area contributed by atoms with E-state index >= 15 is 0 Å². The van der Waals surface area contributed by atoms with Gasteiger partial charge in [0.05, 0.1) is 6.04 Å². The van der Waals surface area contributed by atoms with Gasteiger partial charge in [-0.2, -0.15) is 0 Å². The number of benzene rings is 3. The Balaban J connectivity index is 0.000000737. The fraction of sp³-hybridized carbons (Fsp3) is 0.592. The number of nitrogens with zero attached hydrogens (tertiary/aromatic N) is 1. The molecule has 8 atom stereocenters. The summed E-state index contributed by atoms with van der Waals surface area (Å²) in [7, 11) is 0. The number of carbonyl (C=O) groups is 2. The number of hydrogen-bond donors (Lipinski definition) is 3. The minimum atomic E-state index is 0.102. The van der Waals surface area contributed by atoms with Crippen LogP contribution in [0.5, 0.6) is 0 Å². The Labute approximate surface area is 338 Å². The molecule has 6 nitrogen and oxygen atoms in total. The first-order valence-corrected chi connectivity index (χ1v) is 21.4. The normalized spacial score (nSPS) is 14.9. The number of nitrogens with one attached hydrogen (secondary N) is 2. The van der Waals surface area contributed by atoms with E-state index in [-0.39, 0.29) is 35.7 Å². The number of amides is 2. The summed E-state index contributed by atoms with van der Waals surface area (Å²) in [5.41, 5.74) is 9.39. The highest BCUT2D eigenvalue weighted by Crippen LogP contribution is 2.24. The van der Waals surface area contributed by atoms with Crippen LogP contribution in [0.3, 0.4) is 0 Å². The van der Waals surface area contributed by atoms with E-state index in [9.17, 15) is 9.59 Å². The van der Waals surface area contributed by atoms with E-state index in [1.807, 2.05) is 76.2 Å². The van der Waals surface area contributed by atoms with Gasteiger partial charge < -0.3 is 21.3 Å². The molecular weight excluding hydrogens is 677 g/mol. The number of nitrogens with two attached hydrogens (primary N) is 1. The fourth-order valence-electron chi connectivity index (χ4n) is 5.19. The van der Waals surface area contributed by atoms with E-state index in [1.54, 1.807) is 0 Å². The van der Waals surface area contributed by atoms with E-state index < -0.39 is 0 Å². The van der Waals surface area contributed by atoms with Crippen molar-refractivity contribution < 1.29 is 9.59 Å². The quantitative estimate of drug-likeness (QED) is 0.121. The zero-order chi connectivity index (χ0) is 41.8. The van der Waals surface area contributed by atoms with E-state index in [1.165, 1.54) is 23.1 Å². The molecule has 0 bridgehead atoms. The van der Waals surface area contributed by atoms with Crippen LogP contribution in [-0.2, 0) is 9.59 Å². The van der Waals surface area contributed by atoms with Gasteiger partial charge in [-0.15, -0.1) is 0 Å². The SMILES string of the molecule is CCC(C)CN(C(=O)[C@@H](C)CC)[C@H](C)c1ccccc1.CCC(C)CNC(=O)[C@@H](C)CC.CCC(C)CN[C@H](C)c1ccccc1.C[C@@H](N)c1ccccc1. The average Bonchev–Trinajstić information content (AvgIpc) is 3.23. The van der Waals surface area contributed by atoms with Crippen molar-refractivity contribution in [2.45, 2.75) is 140 Å². The molecule has 0 aliphatic carbocycles. The first-order valence-electron chi connectivity index (χ1n) is 21.4. The molecule has 0 saturated heterocycles. The molecule has 3 aromatic rings. The molecule has 310 valence electrons. The van der Waals surface area contributed by atoms with Gasteiger partial charge >= 0.3 is 0 Å². The standard InChI is InChI=1S/C18H29NO.C13H21N.C10H21NO.C8H11N/c1-6-14(3)13-19(18(20)15(4)7-2)16(5)17-11-9-8-10-12-17;1-4-11(2)10-14-12(3)13-8-6-5-7-9-13;1-5-8(3)7-11-10(12)9(4)6-2;1-7(9)8-5-3-2-4-6-8/h8-12,14-16H,6-7,13H2,1-5H3;5-9,11-12,14H,4,10H2,1-3H3;8-9H,5-7H2,1-4H3,(H,11,12);2-7H,9H2,1H3/t14?,15-,16+;11?,12-;8?,9-;7-/m0101/s1. The van der Waals surface area contributed by atoms with E-state index in [0.717, 1.165) is 51.2 Å². The summed E-state index contributed by atoms with van der Waals surface area (Å²) >= 11 is 0. The largest absolute Gasteiger partial charge is 0.356 e. The molecule has 3 aromatic carbocycles. The zero-order valence-corrected chi connectivity index (χ0v) is 37.3. The maximum absolute atomic E-state index is 12.7. The third kappa shape index (κ3) is 22.6.